The molecule has 1 fully saturated rings. The van der Waals surface area contributed by atoms with E-state index >= 15 is 0 Å². The smallest absolute Gasteiger partial charge is 0.508 e. The van der Waals surface area contributed by atoms with E-state index in [4.69, 9.17) is 0 Å². The number of carbonyl (C=O) groups excluding carboxylic acids is 4. The first-order valence-electron chi connectivity index (χ1n) is 11.8. The molecule has 0 saturated carbocycles. The molecule has 1 N–H and O–H groups in total. The van der Waals surface area contributed by atoms with Crippen LogP contribution >= 0.6 is 15.9 Å². The van der Waals surface area contributed by atoms with Gasteiger partial charge in [-0.2, -0.15) is 0 Å². The maximum Gasteiger partial charge on any atom is 0.573 e. The molecule has 1 saturated heterocycles. The molecular formula is C26H21BrF3NO6. The number of likely N-dealkylation sites (tertiary alicyclic amines) is 1. The van der Waals surface area contributed by atoms with Crippen LogP contribution in [0.5, 0.6) is 11.5 Å². The molecule has 194 valence electrons. The van der Waals surface area contributed by atoms with Crippen LogP contribution in [0, 0.1) is 17.8 Å². The molecule has 0 spiro atoms. The van der Waals surface area contributed by atoms with Crippen LogP contribution in [0.2, 0.25) is 0 Å². The van der Waals surface area contributed by atoms with Crippen molar-refractivity contribution in [1.82, 2.24) is 4.90 Å². The van der Waals surface area contributed by atoms with E-state index < -0.39 is 53.1 Å². The number of aromatic hydroxyl groups is 1. The number of fused-ring (bicyclic) bond motifs is 3. The lowest BCUT2D eigenvalue weighted by Gasteiger charge is -2.42. The molecule has 1 aliphatic heterocycles. The minimum atomic E-state index is -4.99. The summed E-state index contributed by atoms with van der Waals surface area (Å²) in [6.45, 7) is 2.10. The number of carbonyl (C=O) groups is 4. The van der Waals surface area contributed by atoms with Gasteiger partial charge < -0.3 is 9.84 Å². The van der Waals surface area contributed by atoms with Crippen molar-refractivity contribution in [2.45, 2.75) is 38.5 Å². The SMILES string of the molecule is CCCN1C(=O)C2CC=C3C(c4cc(OC(F)(F)F)ccc4O)C4=C(CC3C2C1=O)C(=O)C(Br)=CC4=O. The fourth-order valence-corrected chi connectivity index (χ4v) is 6.48. The number of nitrogens with zero attached hydrogens (tertiary/aromatic N) is 1. The summed E-state index contributed by atoms with van der Waals surface area (Å²) in [5.74, 6) is -5.82. The summed E-state index contributed by atoms with van der Waals surface area (Å²) >= 11 is 3.11. The number of hydrogen-bond acceptors (Lipinski definition) is 6. The molecule has 1 heterocycles. The monoisotopic (exact) mass is 579 g/mol. The lowest BCUT2D eigenvalue weighted by Crippen LogP contribution is -2.39. The highest BCUT2D eigenvalue weighted by atomic mass is 79.9. The predicted octanol–water partition coefficient (Wildman–Crippen LogP) is 4.46. The Hall–Kier alpha value is -3.21. The summed E-state index contributed by atoms with van der Waals surface area (Å²) in [5.41, 5.74) is 0.614. The third-order valence-corrected chi connectivity index (χ3v) is 8.00. The van der Waals surface area contributed by atoms with E-state index in [2.05, 4.69) is 20.7 Å². The number of hydrogen-bond donors (Lipinski definition) is 1. The summed E-state index contributed by atoms with van der Waals surface area (Å²) in [6.07, 6.45) is -1.38. The number of alkyl halides is 3. The van der Waals surface area contributed by atoms with Gasteiger partial charge in [-0.25, -0.2) is 0 Å². The number of benzene rings is 1. The zero-order valence-electron chi connectivity index (χ0n) is 19.5. The quantitative estimate of drug-likeness (QED) is 0.321. The normalized spacial score (nSPS) is 27.5. The lowest BCUT2D eigenvalue weighted by atomic mass is 9.59. The lowest BCUT2D eigenvalue weighted by molar-refractivity contribution is -0.274. The Morgan fingerprint density at radius 3 is 2.54 bits per heavy atom. The summed E-state index contributed by atoms with van der Waals surface area (Å²) in [4.78, 5) is 54.0. The Morgan fingerprint density at radius 2 is 1.86 bits per heavy atom. The van der Waals surface area contributed by atoms with Crippen LogP contribution in [-0.4, -0.2) is 46.3 Å². The third-order valence-electron chi connectivity index (χ3n) is 7.41. The number of rotatable bonds is 4. The van der Waals surface area contributed by atoms with Crippen molar-refractivity contribution in [2.24, 2.45) is 17.8 Å². The van der Waals surface area contributed by atoms with Gasteiger partial charge in [0.15, 0.2) is 11.6 Å². The number of Topliss-reactive ketones (excluding diaryl/α,β-unsaturated/α-hetero) is 1. The second-order valence-electron chi connectivity index (χ2n) is 9.49. The predicted molar refractivity (Wildman–Crippen MR) is 126 cm³/mol. The third kappa shape index (κ3) is 4.13. The molecule has 3 aliphatic carbocycles. The van der Waals surface area contributed by atoms with Crippen molar-refractivity contribution in [1.29, 1.82) is 0 Å². The van der Waals surface area contributed by atoms with Crippen molar-refractivity contribution in [3.05, 3.63) is 57.1 Å². The van der Waals surface area contributed by atoms with Crippen LogP contribution in [-0.2, 0) is 19.2 Å². The zero-order chi connectivity index (χ0) is 26.8. The topological polar surface area (TPSA) is 101 Å². The molecule has 4 atom stereocenters. The molecule has 4 unspecified atom stereocenters. The first kappa shape index (κ1) is 25.4. The zero-order valence-corrected chi connectivity index (χ0v) is 21.1. The van der Waals surface area contributed by atoms with Gasteiger partial charge in [0, 0.05) is 35.2 Å². The Morgan fingerprint density at radius 1 is 1.14 bits per heavy atom. The van der Waals surface area contributed by atoms with Gasteiger partial charge in [0.25, 0.3) is 0 Å². The Labute approximate surface area is 217 Å². The fourth-order valence-electron chi connectivity index (χ4n) is 6.03. The molecule has 0 radical (unpaired) electrons. The van der Waals surface area contributed by atoms with Crippen molar-refractivity contribution in [3.63, 3.8) is 0 Å². The van der Waals surface area contributed by atoms with Crippen LogP contribution in [0.4, 0.5) is 13.2 Å². The number of ketones is 2. The maximum absolute atomic E-state index is 13.4. The largest absolute Gasteiger partial charge is 0.573 e. The number of imide groups is 1. The number of halogens is 4. The molecule has 5 rings (SSSR count). The number of allylic oxidation sites excluding steroid dienone is 6. The molecule has 1 aromatic carbocycles. The van der Waals surface area contributed by atoms with Crippen molar-refractivity contribution in [2.75, 3.05) is 6.54 Å². The molecular weight excluding hydrogens is 559 g/mol. The highest BCUT2D eigenvalue weighted by Crippen LogP contribution is 2.56. The minimum absolute atomic E-state index is 0.0187. The van der Waals surface area contributed by atoms with E-state index in [1.165, 1.54) is 4.90 Å². The molecule has 11 heteroatoms. The van der Waals surface area contributed by atoms with Gasteiger partial charge >= 0.3 is 6.36 Å². The standard InChI is InChI=1S/C26H21BrF3NO6/c1-2-7-31-24(35)13-5-4-12-14(21(13)25(31)36)9-16-22(19(33)10-17(27)23(16)34)20(12)15-8-11(3-6-18(15)32)37-26(28,29)30/h3-4,6,8,10,13-14,20-21,32H,2,5,7,9H2,1H3. The van der Waals surface area contributed by atoms with Crippen LogP contribution in [0.3, 0.4) is 0 Å². The summed E-state index contributed by atoms with van der Waals surface area (Å²) in [5, 5.41) is 10.7. The second-order valence-corrected chi connectivity index (χ2v) is 10.3. The summed E-state index contributed by atoms with van der Waals surface area (Å²) < 4.78 is 42.9. The van der Waals surface area contributed by atoms with Crippen molar-refractivity contribution < 1.29 is 42.2 Å². The Bertz CT molecular complexity index is 1340. The van der Waals surface area contributed by atoms with E-state index in [0.29, 0.717) is 12.0 Å². The van der Waals surface area contributed by atoms with Crippen molar-refractivity contribution >= 4 is 39.3 Å². The van der Waals surface area contributed by atoms with Crippen molar-refractivity contribution in [3.8, 4) is 11.5 Å². The molecule has 1 aromatic rings. The fraction of sp³-hybridized carbons (Fsp3) is 0.385. The highest BCUT2D eigenvalue weighted by Gasteiger charge is 2.56. The van der Waals surface area contributed by atoms with Gasteiger partial charge in [-0.15, -0.1) is 13.2 Å². The average Bonchev–Trinajstić information content (AvgIpc) is 3.07. The van der Waals surface area contributed by atoms with Crippen LogP contribution in [0.1, 0.15) is 37.7 Å². The van der Waals surface area contributed by atoms with E-state index in [1.54, 1.807) is 6.08 Å². The van der Waals surface area contributed by atoms with Gasteiger partial charge in [-0.1, -0.05) is 18.6 Å². The number of phenols is 1. The van der Waals surface area contributed by atoms with Crippen LogP contribution < -0.4 is 4.74 Å². The van der Waals surface area contributed by atoms with E-state index in [9.17, 15) is 37.5 Å². The van der Waals surface area contributed by atoms with Gasteiger partial charge in [0.1, 0.15) is 11.5 Å². The molecule has 0 bridgehead atoms. The number of ether oxygens (including phenoxy) is 1. The van der Waals surface area contributed by atoms with E-state index in [1.807, 2.05) is 6.92 Å². The second kappa shape index (κ2) is 8.97. The molecule has 37 heavy (non-hydrogen) atoms. The van der Waals surface area contributed by atoms with Gasteiger partial charge in [0.05, 0.1) is 16.3 Å². The van der Waals surface area contributed by atoms with E-state index in [0.717, 1.165) is 24.3 Å². The average molecular weight is 580 g/mol. The highest BCUT2D eigenvalue weighted by molar-refractivity contribution is 9.12. The number of amides is 2. The Balaban J connectivity index is 1.68. The van der Waals surface area contributed by atoms with Crippen LogP contribution in [0.25, 0.3) is 0 Å². The van der Waals surface area contributed by atoms with E-state index in [-0.39, 0.29) is 52.4 Å². The first-order chi connectivity index (χ1) is 17.4. The van der Waals surface area contributed by atoms with Crippen LogP contribution in [0.15, 0.2) is 51.6 Å². The first-order valence-corrected chi connectivity index (χ1v) is 12.5. The van der Waals surface area contributed by atoms with Gasteiger partial charge in [-0.3, -0.25) is 24.1 Å². The molecule has 7 nitrogen and oxygen atoms in total. The Kier molecular flexibility index (Phi) is 6.17. The molecule has 4 aliphatic rings. The molecule has 2 amide bonds. The molecule has 0 aromatic heterocycles. The van der Waals surface area contributed by atoms with Gasteiger partial charge in [-0.05, 0) is 59.3 Å². The summed E-state index contributed by atoms with van der Waals surface area (Å²) in [7, 11) is 0. The maximum atomic E-state index is 13.4. The number of phenolic OH excluding ortho intramolecular Hbond substituents is 1. The minimum Gasteiger partial charge on any atom is -0.508 e. The summed E-state index contributed by atoms with van der Waals surface area (Å²) in [6, 6.07) is 2.96. The van der Waals surface area contributed by atoms with Gasteiger partial charge in [0.2, 0.25) is 11.8 Å².